The second-order valence-electron chi connectivity index (χ2n) is 4.15. The molecule has 0 saturated heterocycles. The van der Waals surface area contributed by atoms with Gasteiger partial charge in [-0.05, 0) is 41.6 Å². The minimum absolute atomic E-state index is 0.186. The number of carbonyl (C=O) groups is 1. The summed E-state index contributed by atoms with van der Waals surface area (Å²) in [4.78, 5) is 12.6. The molecule has 0 saturated carbocycles. The third kappa shape index (κ3) is 4.03. The predicted octanol–water partition coefficient (Wildman–Crippen LogP) is 3.53. The minimum atomic E-state index is -0.249. The molecule has 98 valence electrons. The topological polar surface area (TPSA) is 29.1 Å². The number of aryl methyl sites for hydroxylation is 1. The fourth-order valence-electron chi connectivity index (χ4n) is 1.54. The number of carbonyl (C=O) groups excluding carboxylic acids is 1. The van der Waals surface area contributed by atoms with E-state index in [2.05, 4.69) is 5.32 Å². The van der Waals surface area contributed by atoms with Crippen molar-refractivity contribution in [3.8, 4) is 0 Å². The van der Waals surface area contributed by atoms with Crippen molar-refractivity contribution < 1.29 is 9.18 Å². The van der Waals surface area contributed by atoms with Crippen LogP contribution in [-0.2, 0) is 11.3 Å². The fraction of sp³-hybridized carbons (Fsp3) is 0.133. The fourth-order valence-corrected chi connectivity index (χ4v) is 2.16. The zero-order valence-electron chi connectivity index (χ0n) is 10.5. The molecule has 0 bridgehead atoms. The zero-order valence-corrected chi connectivity index (χ0v) is 11.3. The third-order valence-corrected chi connectivity index (χ3v) is 3.48. The van der Waals surface area contributed by atoms with Crippen LogP contribution < -0.4 is 5.32 Å². The summed E-state index contributed by atoms with van der Waals surface area (Å²) in [5.74, 6) is -0.435. The monoisotopic (exact) mass is 275 g/mol. The number of thiophene rings is 1. The summed E-state index contributed by atoms with van der Waals surface area (Å²) >= 11 is 1.57. The van der Waals surface area contributed by atoms with E-state index in [0.717, 1.165) is 10.4 Å². The van der Waals surface area contributed by atoms with Crippen molar-refractivity contribution in [3.05, 3.63) is 63.6 Å². The molecular weight excluding hydrogens is 261 g/mol. The summed E-state index contributed by atoms with van der Waals surface area (Å²) in [6.45, 7) is 2.03. The molecule has 19 heavy (non-hydrogen) atoms. The van der Waals surface area contributed by atoms with E-state index in [0.29, 0.717) is 12.1 Å². The quantitative estimate of drug-likeness (QED) is 0.850. The lowest BCUT2D eigenvalue weighted by molar-refractivity contribution is -0.116. The van der Waals surface area contributed by atoms with Gasteiger partial charge in [0.15, 0.2) is 0 Å². The number of hydrogen-bond donors (Lipinski definition) is 1. The van der Waals surface area contributed by atoms with Gasteiger partial charge in [-0.1, -0.05) is 18.2 Å². The van der Waals surface area contributed by atoms with E-state index in [-0.39, 0.29) is 11.7 Å². The maximum absolute atomic E-state index is 13.3. The molecule has 0 unspecified atom stereocenters. The Bertz CT molecular complexity index is 590. The molecule has 0 radical (unpaired) electrons. The first kappa shape index (κ1) is 13.5. The second kappa shape index (κ2) is 6.29. The first-order valence-corrected chi connectivity index (χ1v) is 6.77. The number of rotatable bonds is 4. The Kier molecular flexibility index (Phi) is 4.47. The molecule has 1 aromatic carbocycles. The number of hydrogen-bond acceptors (Lipinski definition) is 2. The first-order chi connectivity index (χ1) is 9.15. The summed E-state index contributed by atoms with van der Waals surface area (Å²) in [5.41, 5.74) is 1.36. The van der Waals surface area contributed by atoms with Gasteiger partial charge in [-0.25, -0.2) is 4.39 Å². The largest absolute Gasteiger partial charge is 0.348 e. The number of amides is 1. The molecule has 1 aromatic heterocycles. The lowest BCUT2D eigenvalue weighted by Gasteiger charge is -2.04. The minimum Gasteiger partial charge on any atom is -0.348 e. The molecule has 2 rings (SSSR count). The predicted molar refractivity (Wildman–Crippen MR) is 76.3 cm³/mol. The van der Waals surface area contributed by atoms with Crippen molar-refractivity contribution >= 4 is 23.3 Å². The Morgan fingerprint density at radius 2 is 2.26 bits per heavy atom. The van der Waals surface area contributed by atoms with E-state index in [9.17, 15) is 9.18 Å². The molecule has 0 fully saturated rings. The van der Waals surface area contributed by atoms with Gasteiger partial charge in [0.2, 0.25) is 5.91 Å². The Morgan fingerprint density at radius 3 is 2.95 bits per heavy atom. The molecular formula is C15H14FNOS. The molecule has 0 spiro atoms. The van der Waals surface area contributed by atoms with Crippen molar-refractivity contribution in [3.63, 3.8) is 0 Å². The second-order valence-corrected chi connectivity index (χ2v) is 5.13. The van der Waals surface area contributed by atoms with E-state index < -0.39 is 0 Å². The van der Waals surface area contributed by atoms with Crippen molar-refractivity contribution in [2.45, 2.75) is 13.5 Å². The average Bonchev–Trinajstić information content (AvgIpc) is 2.91. The van der Waals surface area contributed by atoms with Crippen LogP contribution in [0.4, 0.5) is 4.39 Å². The van der Waals surface area contributed by atoms with Crippen LogP contribution in [0.2, 0.25) is 0 Å². The average molecular weight is 275 g/mol. The number of nitrogens with one attached hydrogen (secondary N) is 1. The van der Waals surface area contributed by atoms with Crippen LogP contribution in [0.25, 0.3) is 6.08 Å². The molecule has 2 aromatic rings. The van der Waals surface area contributed by atoms with Gasteiger partial charge in [0.25, 0.3) is 0 Å². The molecule has 0 atom stereocenters. The van der Waals surface area contributed by atoms with Crippen LogP contribution in [0.3, 0.4) is 0 Å². The van der Waals surface area contributed by atoms with E-state index in [4.69, 9.17) is 0 Å². The van der Waals surface area contributed by atoms with Gasteiger partial charge < -0.3 is 5.32 Å². The zero-order chi connectivity index (χ0) is 13.7. The van der Waals surface area contributed by atoms with Gasteiger partial charge in [-0.15, -0.1) is 11.3 Å². The summed E-state index contributed by atoms with van der Waals surface area (Å²) < 4.78 is 13.3. The van der Waals surface area contributed by atoms with E-state index in [1.807, 2.05) is 23.6 Å². The lowest BCUT2D eigenvalue weighted by Crippen LogP contribution is -2.20. The smallest absolute Gasteiger partial charge is 0.244 e. The highest BCUT2D eigenvalue weighted by Crippen LogP contribution is 2.10. The van der Waals surface area contributed by atoms with E-state index in [1.54, 1.807) is 30.4 Å². The van der Waals surface area contributed by atoms with E-state index >= 15 is 0 Å². The van der Waals surface area contributed by atoms with Crippen LogP contribution in [0.1, 0.15) is 16.0 Å². The highest BCUT2D eigenvalue weighted by Gasteiger charge is 2.01. The molecule has 0 aliphatic carbocycles. The summed E-state index contributed by atoms with van der Waals surface area (Å²) in [7, 11) is 0. The van der Waals surface area contributed by atoms with Gasteiger partial charge >= 0.3 is 0 Å². The summed E-state index contributed by atoms with van der Waals surface area (Å²) in [6.07, 6.45) is 3.24. The Morgan fingerprint density at radius 1 is 1.42 bits per heavy atom. The van der Waals surface area contributed by atoms with Gasteiger partial charge in [0.05, 0.1) is 0 Å². The van der Waals surface area contributed by atoms with Gasteiger partial charge in [0, 0.05) is 17.5 Å². The summed E-state index contributed by atoms with van der Waals surface area (Å²) in [5, 5.41) is 4.67. The van der Waals surface area contributed by atoms with Crippen molar-refractivity contribution in [2.24, 2.45) is 0 Å². The maximum atomic E-state index is 13.3. The Labute approximate surface area is 115 Å². The van der Waals surface area contributed by atoms with Crippen LogP contribution in [-0.4, -0.2) is 5.91 Å². The highest BCUT2D eigenvalue weighted by molar-refractivity contribution is 7.10. The molecule has 4 heteroatoms. The SMILES string of the molecule is Cc1ccc(CNC(=O)/C=C/c2cccs2)cc1F. The van der Waals surface area contributed by atoms with Crippen LogP contribution in [0, 0.1) is 12.7 Å². The third-order valence-electron chi connectivity index (χ3n) is 2.65. The standard InChI is InChI=1S/C15H14FNOS/c1-11-4-5-12(9-14(11)16)10-17-15(18)7-6-13-3-2-8-19-13/h2-9H,10H2,1H3,(H,17,18)/b7-6+. The van der Waals surface area contributed by atoms with Gasteiger partial charge in [-0.3, -0.25) is 4.79 Å². The summed E-state index contributed by atoms with van der Waals surface area (Å²) in [6, 6.07) is 8.82. The molecule has 0 aliphatic rings. The van der Waals surface area contributed by atoms with Crippen molar-refractivity contribution in [2.75, 3.05) is 0 Å². The van der Waals surface area contributed by atoms with Crippen LogP contribution in [0.5, 0.6) is 0 Å². The van der Waals surface area contributed by atoms with Crippen LogP contribution in [0.15, 0.2) is 41.8 Å². The molecule has 1 amide bonds. The van der Waals surface area contributed by atoms with E-state index in [1.165, 1.54) is 12.1 Å². The molecule has 1 heterocycles. The molecule has 0 aliphatic heterocycles. The van der Waals surface area contributed by atoms with Gasteiger partial charge in [0.1, 0.15) is 5.82 Å². The van der Waals surface area contributed by atoms with Gasteiger partial charge in [-0.2, -0.15) is 0 Å². The Hall–Kier alpha value is -1.94. The normalized spacial score (nSPS) is 10.8. The lowest BCUT2D eigenvalue weighted by atomic mass is 10.1. The first-order valence-electron chi connectivity index (χ1n) is 5.89. The molecule has 2 nitrogen and oxygen atoms in total. The van der Waals surface area contributed by atoms with Crippen LogP contribution >= 0.6 is 11.3 Å². The number of benzene rings is 1. The highest BCUT2D eigenvalue weighted by atomic mass is 32.1. The number of halogens is 1. The molecule has 1 N–H and O–H groups in total. The Balaban J connectivity index is 1.88. The van der Waals surface area contributed by atoms with Crippen molar-refractivity contribution in [1.82, 2.24) is 5.32 Å². The van der Waals surface area contributed by atoms with Crippen molar-refractivity contribution in [1.29, 1.82) is 0 Å². The maximum Gasteiger partial charge on any atom is 0.244 e.